The molecule has 3 rings (SSSR count). The number of aromatic hydroxyl groups is 1. The normalized spacial score (nSPS) is 10.7. The van der Waals surface area contributed by atoms with E-state index in [2.05, 4.69) is 10.3 Å². The first-order chi connectivity index (χ1) is 12.7. The van der Waals surface area contributed by atoms with Gasteiger partial charge < -0.3 is 19.9 Å². The molecule has 0 spiro atoms. The minimum atomic E-state index is 0.160. The molecule has 2 N–H and O–H groups in total. The highest BCUT2D eigenvalue weighted by atomic mass is 16.5. The molecule has 0 aliphatic heterocycles. The van der Waals surface area contributed by atoms with Gasteiger partial charge in [0.25, 0.3) is 0 Å². The van der Waals surface area contributed by atoms with E-state index in [9.17, 15) is 5.11 Å². The van der Waals surface area contributed by atoms with Crippen molar-refractivity contribution in [1.29, 1.82) is 0 Å². The topological polar surface area (TPSA) is 63.1 Å². The van der Waals surface area contributed by atoms with E-state index in [1.54, 1.807) is 38.6 Å². The number of hydrogen-bond donors (Lipinski definition) is 2. The Morgan fingerprint density at radius 3 is 2.00 bits per heavy atom. The minimum absolute atomic E-state index is 0.160. The molecule has 0 bridgehead atoms. The van der Waals surface area contributed by atoms with E-state index in [-0.39, 0.29) is 5.75 Å². The van der Waals surface area contributed by atoms with Crippen LogP contribution in [0.4, 0.5) is 17.1 Å². The summed E-state index contributed by atoms with van der Waals surface area (Å²) in [6.45, 7) is 0. The van der Waals surface area contributed by atoms with E-state index in [1.807, 2.05) is 48.5 Å². The monoisotopic (exact) mass is 348 g/mol. The smallest absolute Gasteiger partial charge is 0.124 e. The molecule has 0 radical (unpaired) electrons. The highest BCUT2D eigenvalue weighted by molar-refractivity contribution is 5.86. The Bertz CT molecular complexity index is 888. The first-order valence-corrected chi connectivity index (χ1v) is 8.10. The van der Waals surface area contributed by atoms with Crippen molar-refractivity contribution in [3.8, 4) is 17.2 Å². The Labute approximate surface area is 152 Å². The largest absolute Gasteiger partial charge is 0.507 e. The first-order valence-electron chi connectivity index (χ1n) is 8.10. The van der Waals surface area contributed by atoms with Crippen LogP contribution >= 0.6 is 0 Å². The van der Waals surface area contributed by atoms with Gasteiger partial charge in [-0.05, 0) is 66.7 Å². The fourth-order valence-corrected chi connectivity index (χ4v) is 2.38. The minimum Gasteiger partial charge on any atom is -0.507 e. The number of rotatable bonds is 6. The summed E-state index contributed by atoms with van der Waals surface area (Å²) in [5.41, 5.74) is 3.32. The van der Waals surface area contributed by atoms with Crippen LogP contribution in [0.1, 0.15) is 5.56 Å². The molecule has 0 unspecified atom stereocenters. The summed E-state index contributed by atoms with van der Waals surface area (Å²) in [5, 5.41) is 13.2. The Balaban J connectivity index is 1.69. The van der Waals surface area contributed by atoms with Crippen LogP contribution in [0.25, 0.3) is 0 Å². The van der Waals surface area contributed by atoms with Crippen LogP contribution in [-0.4, -0.2) is 25.5 Å². The fourth-order valence-electron chi connectivity index (χ4n) is 2.38. The van der Waals surface area contributed by atoms with Gasteiger partial charge in [-0.2, -0.15) is 0 Å². The number of nitrogens with zero attached hydrogens (tertiary/aromatic N) is 1. The van der Waals surface area contributed by atoms with E-state index in [0.717, 1.165) is 22.8 Å². The predicted octanol–water partition coefficient (Wildman–Crippen LogP) is 4.90. The Morgan fingerprint density at radius 1 is 0.808 bits per heavy atom. The van der Waals surface area contributed by atoms with Gasteiger partial charge in [0.15, 0.2) is 0 Å². The van der Waals surface area contributed by atoms with Gasteiger partial charge in [0.2, 0.25) is 0 Å². The van der Waals surface area contributed by atoms with Gasteiger partial charge in [-0.25, -0.2) is 0 Å². The van der Waals surface area contributed by atoms with E-state index in [4.69, 9.17) is 9.47 Å². The SMILES string of the molecule is COc1ccc(Nc2ccc(N=Cc3cc(OC)ccc3O)cc2)cc1. The van der Waals surface area contributed by atoms with Gasteiger partial charge in [-0.15, -0.1) is 0 Å². The van der Waals surface area contributed by atoms with E-state index in [0.29, 0.717) is 11.3 Å². The van der Waals surface area contributed by atoms with Crippen LogP contribution < -0.4 is 14.8 Å². The molecule has 0 saturated heterocycles. The lowest BCUT2D eigenvalue weighted by atomic mass is 10.2. The van der Waals surface area contributed by atoms with E-state index >= 15 is 0 Å². The van der Waals surface area contributed by atoms with E-state index in [1.165, 1.54) is 0 Å². The molecule has 3 aromatic carbocycles. The van der Waals surface area contributed by atoms with Crippen molar-refractivity contribution in [3.05, 3.63) is 72.3 Å². The van der Waals surface area contributed by atoms with Crippen LogP contribution in [-0.2, 0) is 0 Å². The number of nitrogens with one attached hydrogen (secondary N) is 1. The van der Waals surface area contributed by atoms with Gasteiger partial charge >= 0.3 is 0 Å². The number of phenols is 1. The molecular formula is C21H20N2O3. The van der Waals surface area contributed by atoms with Crippen molar-refractivity contribution in [3.63, 3.8) is 0 Å². The molecular weight excluding hydrogens is 328 g/mol. The average molecular weight is 348 g/mol. The fraction of sp³-hybridized carbons (Fsp3) is 0.0952. The summed E-state index contributed by atoms with van der Waals surface area (Å²) in [7, 11) is 3.23. The molecule has 0 heterocycles. The van der Waals surface area contributed by atoms with Gasteiger partial charge in [-0.1, -0.05) is 0 Å². The van der Waals surface area contributed by atoms with Crippen LogP contribution in [0, 0.1) is 0 Å². The third-order valence-electron chi connectivity index (χ3n) is 3.83. The summed E-state index contributed by atoms with van der Waals surface area (Å²) in [6, 6.07) is 20.4. The maximum atomic E-state index is 9.89. The molecule has 5 heteroatoms. The van der Waals surface area contributed by atoms with Gasteiger partial charge in [0.05, 0.1) is 19.9 Å². The van der Waals surface area contributed by atoms with Gasteiger partial charge in [0.1, 0.15) is 17.2 Å². The average Bonchev–Trinajstić information content (AvgIpc) is 2.69. The molecule has 0 amide bonds. The lowest BCUT2D eigenvalue weighted by Gasteiger charge is -2.07. The number of methoxy groups -OCH3 is 2. The first kappa shape index (κ1) is 17.4. The van der Waals surface area contributed by atoms with Crippen molar-refractivity contribution in [2.24, 2.45) is 4.99 Å². The summed E-state index contributed by atoms with van der Waals surface area (Å²) in [5.74, 6) is 1.65. The molecule has 5 nitrogen and oxygen atoms in total. The maximum absolute atomic E-state index is 9.89. The van der Waals surface area contributed by atoms with Gasteiger partial charge in [0, 0.05) is 23.2 Å². The molecule has 0 fully saturated rings. The third kappa shape index (κ3) is 4.33. The highest BCUT2D eigenvalue weighted by Crippen LogP contribution is 2.24. The molecule has 3 aromatic rings. The summed E-state index contributed by atoms with van der Waals surface area (Å²) < 4.78 is 10.3. The highest BCUT2D eigenvalue weighted by Gasteiger charge is 2.01. The number of aliphatic imine (C=N–C) groups is 1. The number of phenolic OH excluding ortho intramolecular Hbond substituents is 1. The second kappa shape index (κ2) is 8.07. The van der Waals surface area contributed by atoms with E-state index < -0.39 is 0 Å². The molecule has 26 heavy (non-hydrogen) atoms. The summed E-state index contributed by atoms with van der Waals surface area (Å²) in [6.07, 6.45) is 1.61. The lowest BCUT2D eigenvalue weighted by Crippen LogP contribution is -1.90. The second-order valence-corrected chi connectivity index (χ2v) is 5.58. The van der Waals surface area contributed by atoms with Crippen molar-refractivity contribution in [1.82, 2.24) is 0 Å². The molecule has 0 aliphatic rings. The molecule has 0 aliphatic carbocycles. The Kier molecular flexibility index (Phi) is 5.39. The van der Waals surface area contributed by atoms with Crippen molar-refractivity contribution < 1.29 is 14.6 Å². The molecule has 0 saturated carbocycles. The van der Waals surface area contributed by atoms with Crippen molar-refractivity contribution >= 4 is 23.3 Å². The Morgan fingerprint density at radius 2 is 1.38 bits per heavy atom. The zero-order valence-corrected chi connectivity index (χ0v) is 14.6. The number of hydrogen-bond acceptors (Lipinski definition) is 5. The Hall–Kier alpha value is -3.47. The molecule has 132 valence electrons. The maximum Gasteiger partial charge on any atom is 0.124 e. The van der Waals surface area contributed by atoms with Crippen molar-refractivity contribution in [2.45, 2.75) is 0 Å². The van der Waals surface area contributed by atoms with Crippen LogP contribution in [0.2, 0.25) is 0 Å². The number of ether oxygens (including phenoxy) is 2. The molecule has 0 aromatic heterocycles. The van der Waals surface area contributed by atoms with Crippen LogP contribution in [0.5, 0.6) is 17.2 Å². The number of anilines is 2. The second-order valence-electron chi connectivity index (χ2n) is 5.58. The standard InChI is InChI=1S/C21H20N2O3/c1-25-19-9-7-18(8-10-19)23-17-5-3-16(4-6-17)22-14-15-13-20(26-2)11-12-21(15)24/h3-14,23-24H,1-2H3. The summed E-state index contributed by atoms with van der Waals surface area (Å²) >= 11 is 0. The third-order valence-corrected chi connectivity index (χ3v) is 3.83. The molecule has 0 atom stereocenters. The van der Waals surface area contributed by atoms with Gasteiger partial charge in [-0.3, -0.25) is 4.99 Å². The van der Waals surface area contributed by atoms with Crippen LogP contribution in [0.15, 0.2) is 71.7 Å². The quantitative estimate of drug-likeness (QED) is 0.622. The van der Waals surface area contributed by atoms with Crippen molar-refractivity contribution in [2.75, 3.05) is 19.5 Å². The lowest BCUT2D eigenvalue weighted by molar-refractivity contribution is 0.412. The zero-order valence-electron chi connectivity index (χ0n) is 14.6. The van der Waals surface area contributed by atoms with Crippen LogP contribution in [0.3, 0.4) is 0 Å². The number of benzene rings is 3. The summed E-state index contributed by atoms with van der Waals surface area (Å²) in [4.78, 5) is 4.40. The zero-order chi connectivity index (χ0) is 18.4. The predicted molar refractivity (Wildman–Crippen MR) is 105 cm³/mol.